The lowest BCUT2D eigenvalue weighted by atomic mass is 10.1. The smallest absolute Gasteiger partial charge is 0.333 e. The van der Waals surface area contributed by atoms with E-state index < -0.39 is 12.1 Å². The number of amides is 1. The van der Waals surface area contributed by atoms with E-state index in [0.29, 0.717) is 5.71 Å². The molecule has 1 amide bonds. The normalized spacial score (nSPS) is 19.7. The maximum absolute atomic E-state index is 10.1. The molecule has 13 heavy (non-hydrogen) atoms. The predicted octanol–water partition coefficient (Wildman–Crippen LogP) is 0.699. The Labute approximate surface area is 73.7 Å². The fourth-order valence-corrected chi connectivity index (χ4v) is 0.743. The summed E-state index contributed by atoms with van der Waals surface area (Å²) in [7, 11) is 0. The van der Waals surface area contributed by atoms with Crippen molar-refractivity contribution >= 4 is 11.8 Å². The predicted molar refractivity (Wildman–Crippen MR) is 46.0 cm³/mol. The molecule has 0 bridgehead atoms. The van der Waals surface area contributed by atoms with Crippen molar-refractivity contribution in [2.75, 3.05) is 0 Å². The lowest BCUT2D eigenvalue weighted by molar-refractivity contribution is 0.162. The Morgan fingerprint density at radius 3 is 2.54 bits per heavy atom. The van der Waals surface area contributed by atoms with Gasteiger partial charge in [0.2, 0.25) is 0 Å². The van der Waals surface area contributed by atoms with Crippen LogP contribution in [0.5, 0.6) is 0 Å². The van der Waals surface area contributed by atoms with Crippen molar-refractivity contribution in [3.63, 3.8) is 0 Å². The van der Waals surface area contributed by atoms with Crippen LogP contribution in [0.25, 0.3) is 0 Å². The molecular formula is C7H7N3O3. The van der Waals surface area contributed by atoms with E-state index in [1.165, 1.54) is 24.3 Å². The summed E-state index contributed by atoms with van der Waals surface area (Å²) >= 11 is 0. The molecule has 0 atom stereocenters. The number of allylic oxidation sites excluding steroid dienone is 2. The molecule has 6 heteroatoms. The molecule has 0 spiro atoms. The highest BCUT2D eigenvalue weighted by molar-refractivity contribution is 6.04. The summed E-state index contributed by atoms with van der Waals surface area (Å²) in [6.07, 6.45) is 5.08. The molecule has 6 nitrogen and oxygen atoms in total. The summed E-state index contributed by atoms with van der Waals surface area (Å²) in [6.45, 7) is 0. The first-order chi connectivity index (χ1) is 6.22. The zero-order valence-corrected chi connectivity index (χ0v) is 6.58. The molecule has 0 radical (unpaired) electrons. The second kappa shape index (κ2) is 4.15. The summed E-state index contributed by atoms with van der Waals surface area (Å²) in [5.41, 5.74) is 5.08. The summed E-state index contributed by atoms with van der Waals surface area (Å²) in [5.74, 6) is 0. The number of hydrogen-bond acceptors (Lipinski definition) is 5. The van der Waals surface area contributed by atoms with Gasteiger partial charge < -0.3 is 5.73 Å². The third-order valence-electron chi connectivity index (χ3n) is 1.29. The Hall–Kier alpha value is -1.98. The fraction of sp³-hybridized carbons (Fsp3) is 0.143. The van der Waals surface area contributed by atoms with Crippen molar-refractivity contribution in [2.45, 2.75) is 6.04 Å². The number of carbonyl (C=O) groups is 1. The van der Waals surface area contributed by atoms with Crippen LogP contribution in [0, 0.1) is 4.91 Å². The molecule has 0 unspecified atom stereocenters. The lowest BCUT2D eigenvalue weighted by Gasteiger charge is -2.01. The number of oxime groups is 1. The highest BCUT2D eigenvalue weighted by atomic mass is 16.7. The highest BCUT2D eigenvalue weighted by Crippen LogP contribution is 2.03. The van der Waals surface area contributed by atoms with E-state index in [1.807, 2.05) is 0 Å². The summed E-state index contributed by atoms with van der Waals surface area (Å²) in [6, 6.07) is -0.479. The third kappa shape index (κ3) is 2.86. The van der Waals surface area contributed by atoms with Gasteiger partial charge in [0.25, 0.3) is 0 Å². The van der Waals surface area contributed by atoms with E-state index in [-0.39, 0.29) is 0 Å². The number of hydrogen-bond donors (Lipinski definition) is 1. The second-order valence-corrected chi connectivity index (χ2v) is 2.24. The molecular weight excluding hydrogens is 174 g/mol. The van der Waals surface area contributed by atoms with Crippen molar-refractivity contribution in [3.05, 3.63) is 29.2 Å². The average molecular weight is 181 g/mol. The topological polar surface area (TPSA) is 94.1 Å². The minimum absolute atomic E-state index is 0.402. The van der Waals surface area contributed by atoms with Crippen molar-refractivity contribution < 1.29 is 9.63 Å². The van der Waals surface area contributed by atoms with Crippen LogP contribution in [0.1, 0.15) is 0 Å². The van der Waals surface area contributed by atoms with Gasteiger partial charge in [-0.15, -0.1) is 4.91 Å². The zero-order chi connectivity index (χ0) is 9.68. The zero-order valence-electron chi connectivity index (χ0n) is 6.58. The van der Waals surface area contributed by atoms with Crippen LogP contribution in [-0.4, -0.2) is 17.8 Å². The van der Waals surface area contributed by atoms with Gasteiger partial charge in [-0.2, -0.15) is 0 Å². The van der Waals surface area contributed by atoms with E-state index in [1.54, 1.807) is 0 Å². The Bertz CT molecular complexity index is 290. The van der Waals surface area contributed by atoms with Crippen LogP contribution >= 0.6 is 0 Å². The van der Waals surface area contributed by atoms with E-state index in [0.717, 1.165) is 0 Å². The van der Waals surface area contributed by atoms with Crippen molar-refractivity contribution in [1.29, 1.82) is 0 Å². The standard InChI is InChI=1S/C7H7N3O3/c8-7(11)13-10-6-3-1-5(9-12)2-4-6/h1-5H,(H2,8,11). The summed E-state index contributed by atoms with van der Waals surface area (Å²) < 4.78 is 0. The van der Waals surface area contributed by atoms with Crippen LogP contribution in [-0.2, 0) is 4.84 Å². The number of carbonyl (C=O) groups excluding carboxylic acids is 1. The number of nitroso groups, excluding NO2 is 1. The van der Waals surface area contributed by atoms with Gasteiger partial charge in [-0.25, -0.2) is 4.79 Å². The molecule has 1 aliphatic rings. The molecule has 68 valence electrons. The summed E-state index contributed by atoms with van der Waals surface area (Å²) in [5, 5.41) is 6.14. The monoisotopic (exact) mass is 181 g/mol. The van der Waals surface area contributed by atoms with Gasteiger partial charge in [0.1, 0.15) is 11.8 Å². The highest BCUT2D eigenvalue weighted by Gasteiger charge is 2.04. The van der Waals surface area contributed by atoms with Crippen LogP contribution in [0.15, 0.2) is 34.6 Å². The van der Waals surface area contributed by atoms with Gasteiger partial charge in [0.15, 0.2) is 0 Å². The Kier molecular flexibility index (Phi) is 2.91. The van der Waals surface area contributed by atoms with Crippen LogP contribution in [0.2, 0.25) is 0 Å². The van der Waals surface area contributed by atoms with Crippen LogP contribution in [0.4, 0.5) is 4.79 Å². The molecule has 0 heterocycles. The molecule has 0 aromatic carbocycles. The van der Waals surface area contributed by atoms with Crippen LogP contribution < -0.4 is 5.73 Å². The van der Waals surface area contributed by atoms with Gasteiger partial charge in [0.05, 0.1) is 0 Å². The van der Waals surface area contributed by atoms with Gasteiger partial charge in [-0.05, 0) is 12.2 Å². The Morgan fingerprint density at radius 2 is 2.08 bits per heavy atom. The minimum atomic E-state index is -0.982. The molecule has 0 fully saturated rings. The molecule has 0 aromatic heterocycles. The van der Waals surface area contributed by atoms with Gasteiger partial charge >= 0.3 is 6.09 Å². The molecule has 2 N–H and O–H groups in total. The molecule has 1 aliphatic carbocycles. The second-order valence-electron chi connectivity index (χ2n) is 2.24. The van der Waals surface area contributed by atoms with E-state index in [2.05, 4.69) is 20.9 Å². The molecule has 0 aromatic rings. The molecule has 0 aliphatic heterocycles. The van der Waals surface area contributed by atoms with Gasteiger partial charge in [-0.1, -0.05) is 22.5 Å². The number of primary amides is 1. The average Bonchev–Trinajstić information content (AvgIpc) is 2.15. The lowest BCUT2D eigenvalue weighted by Crippen LogP contribution is -2.11. The fourth-order valence-electron chi connectivity index (χ4n) is 0.743. The number of nitrogens with two attached hydrogens (primary N) is 1. The van der Waals surface area contributed by atoms with E-state index >= 15 is 0 Å². The third-order valence-corrected chi connectivity index (χ3v) is 1.29. The maximum atomic E-state index is 10.1. The van der Waals surface area contributed by atoms with Crippen molar-refractivity contribution in [3.8, 4) is 0 Å². The van der Waals surface area contributed by atoms with Crippen LogP contribution in [0.3, 0.4) is 0 Å². The van der Waals surface area contributed by atoms with E-state index in [9.17, 15) is 9.70 Å². The van der Waals surface area contributed by atoms with Gasteiger partial charge in [0, 0.05) is 0 Å². The number of rotatable bonds is 2. The summed E-state index contributed by atoms with van der Waals surface area (Å²) in [4.78, 5) is 24.3. The Morgan fingerprint density at radius 1 is 1.46 bits per heavy atom. The van der Waals surface area contributed by atoms with Crippen molar-refractivity contribution in [1.82, 2.24) is 0 Å². The first-order valence-corrected chi connectivity index (χ1v) is 3.45. The quantitative estimate of drug-likeness (QED) is 0.386. The minimum Gasteiger partial charge on any atom is -0.333 e. The SMILES string of the molecule is NC(=O)ON=C1C=CC(N=O)C=C1. The first kappa shape index (κ1) is 9.11. The largest absolute Gasteiger partial charge is 0.430 e. The number of nitrogens with zero attached hydrogens (tertiary/aromatic N) is 2. The van der Waals surface area contributed by atoms with Crippen molar-refractivity contribution in [2.24, 2.45) is 16.1 Å². The molecule has 0 saturated heterocycles. The van der Waals surface area contributed by atoms with Gasteiger partial charge in [-0.3, -0.25) is 4.84 Å². The Balaban J connectivity index is 2.58. The molecule has 0 saturated carbocycles. The maximum Gasteiger partial charge on any atom is 0.430 e. The first-order valence-electron chi connectivity index (χ1n) is 3.45. The molecule has 1 rings (SSSR count). The van der Waals surface area contributed by atoms with E-state index in [4.69, 9.17) is 0 Å².